The van der Waals surface area contributed by atoms with Gasteiger partial charge < -0.3 is 16.2 Å². The van der Waals surface area contributed by atoms with E-state index >= 15 is 0 Å². The first-order valence-corrected chi connectivity index (χ1v) is 6.63. The Balaban J connectivity index is 2.97. The van der Waals surface area contributed by atoms with Crippen LogP contribution in [0.4, 0.5) is 5.69 Å². The van der Waals surface area contributed by atoms with Gasteiger partial charge in [0.1, 0.15) is 0 Å². The topological polar surface area (TPSA) is 75.4 Å². The van der Waals surface area contributed by atoms with Crippen LogP contribution in [0.15, 0.2) is 16.6 Å². The maximum atomic E-state index is 12.1. The fraction of sp³-hybridized carbons (Fsp3) is 0.462. The number of halogens is 1. The van der Waals surface area contributed by atoms with E-state index in [9.17, 15) is 9.90 Å². The molecular weight excluding hydrogens is 296 g/mol. The molecule has 0 aliphatic rings. The van der Waals surface area contributed by atoms with Gasteiger partial charge in [-0.1, -0.05) is 29.8 Å². The lowest BCUT2D eigenvalue weighted by Crippen LogP contribution is -2.41. The largest absolute Gasteiger partial charge is 0.398 e. The summed E-state index contributed by atoms with van der Waals surface area (Å²) in [5.74, 6) is -0.0444. The van der Waals surface area contributed by atoms with E-state index in [1.54, 1.807) is 19.1 Å². The maximum absolute atomic E-state index is 12.1. The highest BCUT2D eigenvalue weighted by molar-refractivity contribution is 9.10. The van der Waals surface area contributed by atoms with Crippen LogP contribution in [0.25, 0.3) is 0 Å². The second-order valence-corrected chi connectivity index (χ2v) is 5.59. The van der Waals surface area contributed by atoms with Crippen molar-refractivity contribution < 1.29 is 9.90 Å². The number of aliphatic hydroxyl groups is 1. The van der Waals surface area contributed by atoms with E-state index in [2.05, 4.69) is 21.2 Å². The minimum atomic E-state index is -0.253. The number of anilines is 1. The number of hydrogen-bond acceptors (Lipinski definition) is 3. The first-order valence-electron chi connectivity index (χ1n) is 5.84. The number of amides is 1. The molecule has 1 atom stereocenters. The predicted octanol–water partition coefficient (Wildman–Crippen LogP) is 2.09. The number of carbonyl (C=O) groups excluding carboxylic acids is 1. The van der Waals surface area contributed by atoms with Crippen molar-refractivity contribution >= 4 is 27.5 Å². The van der Waals surface area contributed by atoms with Crippen LogP contribution < -0.4 is 11.1 Å². The van der Waals surface area contributed by atoms with Crippen LogP contribution in [0.3, 0.4) is 0 Å². The quantitative estimate of drug-likeness (QED) is 0.745. The number of benzene rings is 1. The van der Waals surface area contributed by atoms with Crippen LogP contribution in [0.2, 0.25) is 0 Å². The van der Waals surface area contributed by atoms with Gasteiger partial charge in [-0.2, -0.15) is 0 Å². The number of rotatable bonds is 4. The molecule has 0 aliphatic carbocycles. The molecule has 4 nitrogen and oxygen atoms in total. The molecule has 0 saturated carbocycles. The van der Waals surface area contributed by atoms with Gasteiger partial charge in [-0.25, -0.2) is 0 Å². The monoisotopic (exact) mass is 314 g/mol. The normalized spacial score (nSPS) is 12.6. The highest BCUT2D eigenvalue weighted by atomic mass is 79.9. The van der Waals surface area contributed by atoms with Crippen molar-refractivity contribution in [3.63, 3.8) is 0 Å². The van der Waals surface area contributed by atoms with Gasteiger partial charge in [0.05, 0.1) is 12.6 Å². The average molecular weight is 315 g/mol. The number of nitrogens with one attached hydrogen (secondary N) is 1. The molecule has 0 spiro atoms. The minimum absolute atomic E-state index is 0.0774. The zero-order valence-corrected chi connectivity index (χ0v) is 12.4. The van der Waals surface area contributed by atoms with Crippen LogP contribution in [0.1, 0.15) is 29.8 Å². The van der Waals surface area contributed by atoms with Crippen LogP contribution in [-0.4, -0.2) is 23.7 Å². The van der Waals surface area contributed by atoms with Gasteiger partial charge in [-0.3, -0.25) is 4.79 Å². The van der Waals surface area contributed by atoms with Crippen molar-refractivity contribution in [1.82, 2.24) is 5.32 Å². The van der Waals surface area contributed by atoms with Crippen LogP contribution in [0.5, 0.6) is 0 Å². The van der Waals surface area contributed by atoms with E-state index in [0.717, 1.165) is 10.0 Å². The summed E-state index contributed by atoms with van der Waals surface area (Å²) in [6.45, 7) is 5.62. The van der Waals surface area contributed by atoms with Crippen molar-refractivity contribution in [2.45, 2.75) is 26.8 Å². The van der Waals surface area contributed by atoms with Crippen LogP contribution in [-0.2, 0) is 0 Å². The summed E-state index contributed by atoms with van der Waals surface area (Å²) in [6.07, 6.45) is 0. The summed E-state index contributed by atoms with van der Waals surface area (Å²) in [5, 5.41) is 12.0. The smallest absolute Gasteiger partial charge is 0.251 e. The highest BCUT2D eigenvalue weighted by Gasteiger charge is 2.18. The third kappa shape index (κ3) is 3.46. The second-order valence-electron chi connectivity index (χ2n) is 4.67. The van der Waals surface area contributed by atoms with Gasteiger partial charge in [-0.05, 0) is 30.5 Å². The molecule has 1 aromatic carbocycles. The SMILES string of the molecule is Cc1c(N)cc(Br)cc1C(=O)N[C@H](CO)C(C)C. The number of hydrogen-bond donors (Lipinski definition) is 3. The van der Waals surface area contributed by atoms with Crippen molar-refractivity contribution in [2.24, 2.45) is 5.92 Å². The Labute approximate surface area is 116 Å². The lowest BCUT2D eigenvalue weighted by Gasteiger charge is -2.20. The molecule has 1 rings (SSSR count). The molecule has 100 valence electrons. The van der Waals surface area contributed by atoms with Gasteiger partial charge in [0.15, 0.2) is 0 Å². The fourth-order valence-corrected chi connectivity index (χ4v) is 2.08. The molecule has 0 unspecified atom stereocenters. The lowest BCUT2D eigenvalue weighted by molar-refractivity contribution is 0.0896. The summed E-state index contributed by atoms with van der Waals surface area (Å²) in [7, 11) is 0. The summed E-state index contributed by atoms with van der Waals surface area (Å²) in [6, 6.07) is 3.24. The van der Waals surface area contributed by atoms with Gasteiger partial charge in [-0.15, -0.1) is 0 Å². The van der Waals surface area contributed by atoms with E-state index in [1.165, 1.54) is 0 Å². The molecule has 4 N–H and O–H groups in total. The Hall–Kier alpha value is -1.07. The van der Waals surface area contributed by atoms with E-state index in [-0.39, 0.29) is 24.5 Å². The Morgan fingerprint density at radius 3 is 2.61 bits per heavy atom. The Morgan fingerprint density at radius 2 is 2.11 bits per heavy atom. The Kier molecular flexibility index (Phi) is 5.16. The highest BCUT2D eigenvalue weighted by Crippen LogP contribution is 2.22. The van der Waals surface area contributed by atoms with E-state index < -0.39 is 0 Å². The molecular formula is C13H19BrN2O2. The molecule has 0 aliphatic heterocycles. The standard InChI is InChI=1S/C13H19BrN2O2/c1-7(2)12(6-17)16-13(18)10-4-9(14)5-11(15)8(10)3/h4-5,7,12,17H,6,15H2,1-3H3,(H,16,18)/t12-/m1/s1. The summed E-state index contributed by atoms with van der Waals surface area (Å²) in [4.78, 5) is 12.1. The third-order valence-corrected chi connectivity index (χ3v) is 3.43. The van der Waals surface area contributed by atoms with Crippen LogP contribution in [0, 0.1) is 12.8 Å². The van der Waals surface area contributed by atoms with E-state index in [0.29, 0.717) is 11.3 Å². The molecule has 1 aromatic rings. The van der Waals surface area contributed by atoms with Gasteiger partial charge in [0.2, 0.25) is 0 Å². The van der Waals surface area contributed by atoms with E-state index in [1.807, 2.05) is 13.8 Å². The summed E-state index contributed by atoms with van der Waals surface area (Å²) < 4.78 is 0.765. The van der Waals surface area contributed by atoms with Crippen molar-refractivity contribution in [3.8, 4) is 0 Å². The van der Waals surface area contributed by atoms with Crippen LogP contribution >= 0.6 is 15.9 Å². The molecule has 1 amide bonds. The lowest BCUT2D eigenvalue weighted by atomic mass is 10.0. The molecule has 0 aromatic heterocycles. The Morgan fingerprint density at radius 1 is 1.50 bits per heavy atom. The second kappa shape index (κ2) is 6.20. The molecule has 0 fully saturated rings. The molecule has 18 heavy (non-hydrogen) atoms. The minimum Gasteiger partial charge on any atom is -0.398 e. The molecule has 0 saturated heterocycles. The number of carbonyl (C=O) groups is 1. The zero-order valence-electron chi connectivity index (χ0n) is 10.8. The van der Waals surface area contributed by atoms with Crippen molar-refractivity contribution in [2.75, 3.05) is 12.3 Å². The zero-order chi connectivity index (χ0) is 13.9. The first-order chi connectivity index (χ1) is 8.36. The Bertz CT molecular complexity index is 447. The van der Waals surface area contributed by atoms with Gasteiger partial charge in [0.25, 0.3) is 5.91 Å². The van der Waals surface area contributed by atoms with Gasteiger partial charge >= 0.3 is 0 Å². The van der Waals surface area contributed by atoms with E-state index in [4.69, 9.17) is 5.73 Å². The number of aliphatic hydroxyl groups excluding tert-OH is 1. The first kappa shape index (κ1) is 15.0. The third-order valence-electron chi connectivity index (χ3n) is 2.98. The molecule has 0 radical (unpaired) electrons. The fourth-order valence-electron chi connectivity index (χ4n) is 1.61. The molecule has 0 bridgehead atoms. The predicted molar refractivity (Wildman–Crippen MR) is 76.5 cm³/mol. The maximum Gasteiger partial charge on any atom is 0.251 e. The van der Waals surface area contributed by atoms with Crippen molar-refractivity contribution in [3.05, 3.63) is 27.7 Å². The molecule has 5 heteroatoms. The number of nitrogens with two attached hydrogens (primary N) is 1. The van der Waals surface area contributed by atoms with Crippen molar-refractivity contribution in [1.29, 1.82) is 0 Å². The molecule has 0 heterocycles. The summed E-state index contributed by atoms with van der Waals surface area (Å²) in [5.41, 5.74) is 7.67. The number of nitrogen functional groups attached to an aromatic ring is 1. The average Bonchev–Trinajstić information content (AvgIpc) is 2.29. The summed E-state index contributed by atoms with van der Waals surface area (Å²) >= 11 is 3.32. The van der Waals surface area contributed by atoms with Gasteiger partial charge in [0, 0.05) is 15.7 Å².